The Balaban J connectivity index is 0.00000136. The molecule has 1 heterocycles. The predicted molar refractivity (Wildman–Crippen MR) is 122 cm³/mol. The van der Waals surface area contributed by atoms with Crippen molar-refractivity contribution in [2.45, 2.75) is 70.3 Å². The number of halogens is 1. The summed E-state index contributed by atoms with van der Waals surface area (Å²) in [5.41, 5.74) is 3.34. The number of hydrogen-bond donors (Lipinski definition) is 1. The molecule has 1 aliphatic rings. The summed E-state index contributed by atoms with van der Waals surface area (Å²) in [6.07, 6.45) is 2.31. The molecule has 1 unspecified atom stereocenters. The van der Waals surface area contributed by atoms with Crippen molar-refractivity contribution in [2.24, 2.45) is 0 Å². The molecule has 4 heteroatoms. The van der Waals surface area contributed by atoms with Crippen molar-refractivity contribution in [2.75, 3.05) is 12.4 Å². The molecule has 2 aromatic carbocycles. The highest BCUT2D eigenvalue weighted by Gasteiger charge is 2.30. The van der Waals surface area contributed by atoms with Crippen LogP contribution in [0.3, 0.4) is 0 Å². The van der Waals surface area contributed by atoms with Crippen LogP contribution >= 0.6 is 23.4 Å². The van der Waals surface area contributed by atoms with E-state index in [1.165, 1.54) is 16.0 Å². The van der Waals surface area contributed by atoms with Crippen molar-refractivity contribution in [3.8, 4) is 5.75 Å². The molecule has 0 aliphatic carbocycles. The third-order valence-electron chi connectivity index (χ3n) is 4.91. The molecule has 0 fully saturated rings. The number of thioether (sulfide) groups is 1. The van der Waals surface area contributed by atoms with E-state index in [4.69, 9.17) is 16.3 Å². The first-order valence-corrected chi connectivity index (χ1v) is 11.5. The van der Waals surface area contributed by atoms with E-state index in [1.54, 1.807) is 11.8 Å². The van der Waals surface area contributed by atoms with Crippen molar-refractivity contribution in [3.63, 3.8) is 0 Å². The first-order valence-electron chi connectivity index (χ1n) is 10.2. The lowest BCUT2D eigenvalue weighted by atomic mass is 9.78. The average molecular weight is 421 g/mol. The van der Waals surface area contributed by atoms with Crippen LogP contribution in [0.2, 0.25) is 5.02 Å². The Bertz CT molecular complexity index is 756. The lowest BCUT2D eigenvalue weighted by molar-refractivity contribution is 0.159. The second kappa shape index (κ2) is 10.6. The second-order valence-electron chi connectivity index (χ2n) is 7.76. The summed E-state index contributed by atoms with van der Waals surface area (Å²) in [5.74, 6) is 1.65. The van der Waals surface area contributed by atoms with E-state index in [0.717, 1.165) is 35.8 Å². The Labute approximate surface area is 179 Å². The quantitative estimate of drug-likeness (QED) is 0.520. The van der Waals surface area contributed by atoms with Crippen LogP contribution in [0.1, 0.15) is 57.2 Å². The molecule has 28 heavy (non-hydrogen) atoms. The van der Waals surface area contributed by atoms with Gasteiger partial charge in [-0.25, -0.2) is 0 Å². The molecule has 1 atom stereocenters. The Morgan fingerprint density at radius 3 is 2.54 bits per heavy atom. The van der Waals surface area contributed by atoms with Crippen LogP contribution in [0.15, 0.2) is 41.3 Å². The zero-order valence-electron chi connectivity index (χ0n) is 17.7. The minimum absolute atomic E-state index is 0.209. The molecule has 1 aliphatic heterocycles. The Morgan fingerprint density at radius 1 is 1.18 bits per heavy atom. The van der Waals surface area contributed by atoms with Gasteiger partial charge in [-0.05, 0) is 61.4 Å². The highest BCUT2D eigenvalue weighted by atomic mass is 35.5. The van der Waals surface area contributed by atoms with Gasteiger partial charge in [0.2, 0.25) is 0 Å². The maximum absolute atomic E-state index is 10.6. The summed E-state index contributed by atoms with van der Waals surface area (Å²) in [7, 11) is 0. The van der Waals surface area contributed by atoms with Crippen molar-refractivity contribution in [1.82, 2.24) is 0 Å². The highest BCUT2D eigenvalue weighted by molar-refractivity contribution is 7.99. The van der Waals surface area contributed by atoms with E-state index in [2.05, 4.69) is 45.0 Å². The van der Waals surface area contributed by atoms with E-state index < -0.39 is 6.10 Å². The Kier molecular flexibility index (Phi) is 8.73. The number of hydrogen-bond acceptors (Lipinski definition) is 3. The number of ether oxygens (including phenoxy) is 1. The standard InChI is InChI=1S/C22H27ClO2S.C2H6/c1-15-6-8-19(9-7-15)26-14-18(24)13-22(2,3)20-12-17(23)11-16-5-4-10-25-21(16)20;1-2/h6-9,11-12,18,24H,4-5,10,13-14H2,1-3H3;1-2H3. The Hall–Kier alpha value is -1.16. The minimum Gasteiger partial charge on any atom is -0.493 e. The summed E-state index contributed by atoms with van der Waals surface area (Å²) >= 11 is 8.05. The minimum atomic E-state index is -0.394. The van der Waals surface area contributed by atoms with E-state index in [9.17, 15) is 5.11 Å². The van der Waals surface area contributed by atoms with E-state index in [1.807, 2.05) is 26.0 Å². The largest absolute Gasteiger partial charge is 0.493 e. The maximum atomic E-state index is 10.6. The van der Waals surface area contributed by atoms with Crippen LogP contribution in [0.4, 0.5) is 0 Å². The first kappa shape index (κ1) is 23.1. The molecule has 3 rings (SSSR count). The number of benzene rings is 2. The Morgan fingerprint density at radius 2 is 1.86 bits per heavy atom. The van der Waals surface area contributed by atoms with Gasteiger partial charge in [0.25, 0.3) is 0 Å². The molecule has 0 spiro atoms. The van der Waals surface area contributed by atoms with Crippen molar-refractivity contribution < 1.29 is 9.84 Å². The van der Waals surface area contributed by atoms with Gasteiger partial charge in [0.05, 0.1) is 12.7 Å². The molecule has 154 valence electrons. The third-order valence-corrected chi connectivity index (χ3v) is 6.28. The van der Waals surface area contributed by atoms with Gasteiger partial charge in [-0.1, -0.05) is 57.0 Å². The number of aliphatic hydroxyl groups is 1. The van der Waals surface area contributed by atoms with Crippen LogP contribution in [0.5, 0.6) is 5.75 Å². The molecular weight excluding hydrogens is 388 g/mol. The average Bonchev–Trinajstić information content (AvgIpc) is 2.68. The molecule has 0 aromatic heterocycles. The fraction of sp³-hybridized carbons (Fsp3) is 0.500. The van der Waals surface area contributed by atoms with Crippen LogP contribution in [0, 0.1) is 6.92 Å². The molecule has 0 amide bonds. The number of aliphatic hydroxyl groups excluding tert-OH is 1. The fourth-order valence-corrected chi connectivity index (χ4v) is 4.60. The van der Waals surface area contributed by atoms with Gasteiger partial charge in [-0.2, -0.15) is 0 Å². The molecule has 0 saturated carbocycles. The lowest BCUT2D eigenvalue weighted by Gasteiger charge is -2.32. The summed E-state index contributed by atoms with van der Waals surface area (Å²) in [4.78, 5) is 1.19. The van der Waals surface area contributed by atoms with Gasteiger partial charge < -0.3 is 9.84 Å². The monoisotopic (exact) mass is 420 g/mol. The van der Waals surface area contributed by atoms with E-state index in [-0.39, 0.29) is 5.41 Å². The third kappa shape index (κ3) is 6.17. The molecule has 0 radical (unpaired) electrons. The molecular formula is C24H33ClO2S. The number of rotatable bonds is 6. The molecule has 1 N–H and O–H groups in total. The lowest BCUT2D eigenvalue weighted by Crippen LogP contribution is -2.28. The number of fused-ring (bicyclic) bond motifs is 1. The second-order valence-corrected chi connectivity index (χ2v) is 9.29. The molecule has 0 saturated heterocycles. The zero-order valence-corrected chi connectivity index (χ0v) is 19.3. The summed E-state index contributed by atoms with van der Waals surface area (Å²) < 4.78 is 5.97. The van der Waals surface area contributed by atoms with Crippen LogP contribution in [0.25, 0.3) is 0 Å². The van der Waals surface area contributed by atoms with E-state index in [0.29, 0.717) is 12.2 Å². The maximum Gasteiger partial charge on any atom is 0.126 e. The SMILES string of the molecule is CC.Cc1ccc(SCC(O)CC(C)(C)c2cc(Cl)cc3c2OCCC3)cc1. The van der Waals surface area contributed by atoms with Crippen LogP contribution in [-0.2, 0) is 11.8 Å². The zero-order chi connectivity index (χ0) is 20.7. The topological polar surface area (TPSA) is 29.5 Å². The van der Waals surface area contributed by atoms with Gasteiger partial charge in [0.1, 0.15) is 5.75 Å². The molecule has 0 bridgehead atoms. The normalized spacial score (nSPS) is 14.4. The van der Waals surface area contributed by atoms with Gasteiger partial charge in [0, 0.05) is 21.2 Å². The van der Waals surface area contributed by atoms with Gasteiger partial charge in [-0.3, -0.25) is 0 Å². The molecule has 2 aromatic rings. The smallest absolute Gasteiger partial charge is 0.126 e. The highest BCUT2D eigenvalue weighted by Crippen LogP contribution is 2.41. The molecule has 2 nitrogen and oxygen atoms in total. The van der Waals surface area contributed by atoms with Crippen LogP contribution in [-0.4, -0.2) is 23.6 Å². The fourth-order valence-electron chi connectivity index (χ4n) is 3.53. The van der Waals surface area contributed by atoms with Gasteiger partial charge in [0.15, 0.2) is 0 Å². The van der Waals surface area contributed by atoms with Crippen molar-refractivity contribution >= 4 is 23.4 Å². The predicted octanol–water partition coefficient (Wildman–Crippen LogP) is 6.82. The van der Waals surface area contributed by atoms with Crippen molar-refractivity contribution in [3.05, 3.63) is 58.1 Å². The number of aryl methyl sites for hydroxylation is 2. The summed E-state index contributed by atoms with van der Waals surface area (Å²) in [5, 5.41) is 11.4. The van der Waals surface area contributed by atoms with Gasteiger partial charge >= 0.3 is 0 Å². The summed E-state index contributed by atoms with van der Waals surface area (Å²) in [6, 6.07) is 12.4. The van der Waals surface area contributed by atoms with Crippen molar-refractivity contribution in [1.29, 1.82) is 0 Å². The van der Waals surface area contributed by atoms with Crippen LogP contribution < -0.4 is 4.74 Å². The first-order chi connectivity index (χ1) is 13.3. The van der Waals surface area contributed by atoms with Gasteiger partial charge in [-0.15, -0.1) is 11.8 Å². The summed E-state index contributed by atoms with van der Waals surface area (Å²) in [6.45, 7) is 11.2. The van der Waals surface area contributed by atoms with E-state index >= 15 is 0 Å².